The van der Waals surface area contributed by atoms with E-state index in [1.54, 1.807) is 0 Å². The molecule has 59 heavy (non-hydrogen) atoms. The van der Waals surface area contributed by atoms with Crippen molar-refractivity contribution < 1.29 is 4.42 Å². The number of hydrogen-bond donors (Lipinski definition) is 0. The second-order valence-corrected chi connectivity index (χ2v) is 15.4. The summed E-state index contributed by atoms with van der Waals surface area (Å²) < 4.78 is 9.17. The molecule has 1 aliphatic rings. The summed E-state index contributed by atoms with van der Waals surface area (Å²) in [6.45, 7) is 0. The highest BCUT2D eigenvalue weighted by molar-refractivity contribution is 6.23. The lowest BCUT2D eigenvalue weighted by Gasteiger charge is -2.33. The maximum atomic E-state index is 6.78. The van der Waals surface area contributed by atoms with Gasteiger partial charge in [0.1, 0.15) is 17.0 Å². The van der Waals surface area contributed by atoms with Crippen LogP contribution >= 0.6 is 0 Å². The van der Waals surface area contributed by atoms with Gasteiger partial charge in [0.25, 0.3) is 0 Å². The number of amidine groups is 2. The van der Waals surface area contributed by atoms with E-state index in [2.05, 4.69) is 205 Å². The van der Waals surface area contributed by atoms with Crippen LogP contribution in [0.4, 0.5) is 0 Å². The molecule has 0 saturated heterocycles. The number of fused-ring (bicyclic) bond motifs is 8. The van der Waals surface area contributed by atoms with E-state index in [9.17, 15) is 0 Å². The molecule has 3 heterocycles. The molecular formula is C54H36N4O. The number of aliphatic imine (C=N–C) groups is 2. The third kappa shape index (κ3) is 5.32. The van der Waals surface area contributed by atoms with Crippen LogP contribution in [0.1, 0.15) is 22.9 Å². The zero-order valence-corrected chi connectivity index (χ0v) is 32.2. The number of aromatic nitrogens is 1. The van der Waals surface area contributed by atoms with Crippen LogP contribution in [0, 0.1) is 0 Å². The van der Waals surface area contributed by atoms with E-state index in [1.807, 2.05) is 6.07 Å². The largest absolute Gasteiger partial charge is 0.456 e. The van der Waals surface area contributed by atoms with Crippen LogP contribution in [0.3, 0.4) is 0 Å². The van der Waals surface area contributed by atoms with Gasteiger partial charge >= 0.3 is 0 Å². The Labute approximate surface area is 340 Å². The maximum Gasteiger partial charge on any atom is 0.159 e. The van der Waals surface area contributed by atoms with Crippen molar-refractivity contribution in [2.75, 3.05) is 7.05 Å². The summed E-state index contributed by atoms with van der Waals surface area (Å²) in [6.07, 6.45) is -0.361. The SMILES string of the molecule is CN1C(c2cc(-n3c4ccccc4c4cc5ccccc5cc43)cc3oc4ccccc4c23)=NC(c2cccc(-c3ccccc3)c2)=NC1c1cccc2ccccc12. The number of benzene rings is 9. The van der Waals surface area contributed by atoms with Crippen molar-refractivity contribution in [2.45, 2.75) is 6.17 Å². The van der Waals surface area contributed by atoms with Crippen LogP contribution in [0.15, 0.2) is 209 Å². The zero-order chi connectivity index (χ0) is 39.0. The second-order valence-electron chi connectivity index (χ2n) is 15.4. The van der Waals surface area contributed by atoms with Crippen molar-refractivity contribution in [1.29, 1.82) is 0 Å². The lowest BCUT2D eigenvalue weighted by molar-refractivity contribution is 0.385. The third-order valence-corrected chi connectivity index (χ3v) is 12.0. The summed E-state index contributed by atoms with van der Waals surface area (Å²) >= 11 is 0. The predicted octanol–water partition coefficient (Wildman–Crippen LogP) is 13.5. The quantitative estimate of drug-likeness (QED) is 0.176. The van der Waals surface area contributed by atoms with E-state index >= 15 is 0 Å². The van der Waals surface area contributed by atoms with Gasteiger partial charge in [0.05, 0.1) is 16.7 Å². The number of hydrogen-bond acceptors (Lipinski definition) is 4. The van der Waals surface area contributed by atoms with E-state index in [0.717, 1.165) is 72.3 Å². The van der Waals surface area contributed by atoms with E-state index in [4.69, 9.17) is 14.4 Å². The number of nitrogens with zero attached hydrogens (tertiary/aromatic N) is 4. The smallest absolute Gasteiger partial charge is 0.159 e. The number of rotatable bonds is 5. The summed E-state index contributed by atoms with van der Waals surface area (Å²) in [5.41, 5.74) is 10.2. The van der Waals surface area contributed by atoms with Gasteiger partial charge in [0.15, 0.2) is 12.0 Å². The lowest BCUT2D eigenvalue weighted by atomic mass is 9.98. The average Bonchev–Trinajstić information content (AvgIpc) is 3.83. The van der Waals surface area contributed by atoms with Crippen LogP contribution in [0.2, 0.25) is 0 Å². The highest BCUT2D eigenvalue weighted by atomic mass is 16.3. The van der Waals surface area contributed by atoms with E-state index < -0.39 is 0 Å². The standard InChI is InChI=1S/C54H36N4O/c1-57-53(43-26-14-20-35-17-7-8-23-41(35)43)55-52(39-22-13-21-36(29-39)34-15-3-2-4-16-34)56-54(57)46-32-40(33-50-51(46)44-25-10-12-28-49(44)59-50)58-47-27-11-9-24-42(47)45-30-37-18-5-6-19-38(37)31-48(45)58/h2-33,53H,1H3. The molecule has 0 spiro atoms. The fourth-order valence-electron chi connectivity index (χ4n) is 9.22. The first-order valence-corrected chi connectivity index (χ1v) is 20.1. The Kier molecular flexibility index (Phi) is 7.44. The molecule has 0 amide bonds. The van der Waals surface area contributed by atoms with Gasteiger partial charge in [0.2, 0.25) is 0 Å². The van der Waals surface area contributed by atoms with Crippen LogP contribution in [-0.4, -0.2) is 28.2 Å². The number of para-hydroxylation sites is 2. The highest BCUT2D eigenvalue weighted by Crippen LogP contribution is 2.41. The van der Waals surface area contributed by atoms with E-state index in [0.29, 0.717) is 5.84 Å². The Morgan fingerprint density at radius 2 is 1.14 bits per heavy atom. The molecule has 12 rings (SSSR count). The molecule has 9 aromatic carbocycles. The average molecular weight is 757 g/mol. The monoisotopic (exact) mass is 756 g/mol. The Hall–Kier alpha value is -7.76. The Morgan fingerprint density at radius 1 is 0.475 bits per heavy atom. The molecule has 1 unspecified atom stereocenters. The Balaban J connectivity index is 1.15. The van der Waals surface area contributed by atoms with Crippen LogP contribution < -0.4 is 0 Å². The molecule has 0 N–H and O–H groups in total. The topological polar surface area (TPSA) is 46.0 Å². The van der Waals surface area contributed by atoms with Gasteiger partial charge in [-0.25, -0.2) is 9.98 Å². The first kappa shape index (κ1) is 33.4. The predicted molar refractivity (Wildman–Crippen MR) is 245 cm³/mol. The van der Waals surface area contributed by atoms with Crippen molar-refractivity contribution in [3.05, 3.63) is 211 Å². The van der Waals surface area contributed by atoms with Gasteiger partial charge in [-0.1, -0.05) is 152 Å². The summed E-state index contributed by atoms with van der Waals surface area (Å²) in [4.78, 5) is 13.3. The minimum absolute atomic E-state index is 0.361. The van der Waals surface area contributed by atoms with Crippen LogP contribution in [0.5, 0.6) is 0 Å². The molecule has 1 atom stereocenters. The van der Waals surface area contributed by atoms with Gasteiger partial charge < -0.3 is 13.9 Å². The minimum atomic E-state index is -0.361. The van der Waals surface area contributed by atoms with Crippen molar-refractivity contribution in [3.63, 3.8) is 0 Å². The fourth-order valence-corrected chi connectivity index (χ4v) is 9.22. The molecule has 0 radical (unpaired) electrons. The summed E-state index contributed by atoms with van der Waals surface area (Å²) in [6, 6.07) is 68.9. The fraction of sp³-hybridized carbons (Fsp3) is 0.0370. The van der Waals surface area contributed by atoms with Gasteiger partial charge in [-0.3, -0.25) is 0 Å². The molecule has 5 nitrogen and oxygen atoms in total. The summed E-state index contributed by atoms with van der Waals surface area (Å²) in [5, 5.41) is 9.24. The first-order valence-electron chi connectivity index (χ1n) is 20.1. The van der Waals surface area contributed by atoms with Gasteiger partial charge in [0, 0.05) is 51.3 Å². The summed E-state index contributed by atoms with van der Waals surface area (Å²) in [7, 11) is 2.12. The van der Waals surface area contributed by atoms with E-state index in [1.165, 1.54) is 32.3 Å². The van der Waals surface area contributed by atoms with Crippen molar-refractivity contribution in [2.24, 2.45) is 9.98 Å². The Morgan fingerprint density at radius 3 is 2.00 bits per heavy atom. The van der Waals surface area contributed by atoms with Gasteiger partial charge in [-0.15, -0.1) is 0 Å². The molecule has 0 fully saturated rings. The maximum absolute atomic E-state index is 6.78. The number of furan rings is 1. The first-order chi connectivity index (χ1) is 29.2. The van der Waals surface area contributed by atoms with Crippen LogP contribution in [-0.2, 0) is 0 Å². The molecule has 0 aliphatic carbocycles. The zero-order valence-electron chi connectivity index (χ0n) is 32.2. The van der Waals surface area contributed by atoms with E-state index in [-0.39, 0.29) is 6.17 Å². The molecule has 5 heteroatoms. The normalized spacial score (nSPS) is 14.5. The lowest BCUT2D eigenvalue weighted by Crippen LogP contribution is -2.36. The highest BCUT2D eigenvalue weighted by Gasteiger charge is 2.31. The molecule has 0 saturated carbocycles. The van der Waals surface area contributed by atoms with Crippen molar-refractivity contribution in [1.82, 2.24) is 9.47 Å². The molecule has 1 aliphatic heterocycles. The molecule has 11 aromatic rings. The molecular weight excluding hydrogens is 721 g/mol. The second kappa shape index (κ2) is 13.2. The molecule has 278 valence electrons. The molecule has 0 bridgehead atoms. The Bertz CT molecular complexity index is 3530. The minimum Gasteiger partial charge on any atom is -0.456 e. The summed E-state index contributed by atoms with van der Waals surface area (Å²) in [5.74, 6) is 1.51. The molecule has 2 aromatic heterocycles. The van der Waals surface area contributed by atoms with Crippen LogP contribution in [0.25, 0.3) is 82.1 Å². The van der Waals surface area contributed by atoms with Crippen molar-refractivity contribution >= 4 is 77.0 Å². The van der Waals surface area contributed by atoms with Crippen molar-refractivity contribution in [3.8, 4) is 16.8 Å². The van der Waals surface area contributed by atoms with Gasteiger partial charge in [-0.05, 0) is 69.1 Å². The van der Waals surface area contributed by atoms with Gasteiger partial charge in [-0.2, -0.15) is 0 Å². The third-order valence-electron chi connectivity index (χ3n) is 12.0.